The van der Waals surface area contributed by atoms with Gasteiger partial charge in [0.15, 0.2) is 0 Å². The van der Waals surface area contributed by atoms with Gasteiger partial charge < -0.3 is 9.84 Å². The van der Waals surface area contributed by atoms with Crippen molar-refractivity contribution in [1.29, 1.82) is 0 Å². The normalized spacial score (nSPS) is 20.2. The number of hydrogen-bond donors (Lipinski definition) is 1. The van der Waals surface area contributed by atoms with Crippen molar-refractivity contribution >= 4 is 11.6 Å². The van der Waals surface area contributed by atoms with Gasteiger partial charge in [-0.3, -0.25) is 0 Å². The topological polar surface area (TPSA) is 29.5 Å². The fourth-order valence-corrected chi connectivity index (χ4v) is 2.64. The number of rotatable bonds is 4. The Morgan fingerprint density at radius 1 is 1.50 bits per heavy atom. The van der Waals surface area contributed by atoms with Gasteiger partial charge in [-0.15, -0.1) is 0 Å². The van der Waals surface area contributed by atoms with Crippen LogP contribution in [0.25, 0.3) is 0 Å². The summed E-state index contributed by atoms with van der Waals surface area (Å²) in [7, 11) is 0. The zero-order valence-corrected chi connectivity index (χ0v) is 10.2. The van der Waals surface area contributed by atoms with Crippen LogP contribution in [0, 0.1) is 5.92 Å². The molecule has 2 nitrogen and oxygen atoms in total. The molecular formula is C13H17ClO2. The summed E-state index contributed by atoms with van der Waals surface area (Å²) < 4.78 is 5.36. The van der Waals surface area contributed by atoms with E-state index in [-0.39, 0.29) is 17.9 Å². The van der Waals surface area contributed by atoms with Crippen molar-refractivity contribution in [3.63, 3.8) is 0 Å². The summed E-state index contributed by atoms with van der Waals surface area (Å²) in [5.74, 6) is 0.250. The number of benzene rings is 1. The van der Waals surface area contributed by atoms with Crippen LogP contribution in [-0.2, 0) is 10.2 Å². The van der Waals surface area contributed by atoms with Crippen LogP contribution in [0.15, 0.2) is 24.3 Å². The third-order valence-corrected chi connectivity index (χ3v) is 3.85. The van der Waals surface area contributed by atoms with Crippen molar-refractivity contribution in [2.45, 2.75) is 18.8 Å². The molecule has 1 atom stereocenters. The minimum absolute atomic E-state index is 0.0333. The van der Waals surface area contributed by atoms with Gasteiger partial charge in [0.2, 0.25) is 0 Å². The molecule has 1 aliphatic rings. The fourth-order valence-electron chi connectivity index (χ4n) is 2.45. The Labute approximate surface area is 101 Å². The first-order chi connectivity index (χ1) is 7.73. The first-order valence-electron chi connectivity index (χ1n) is 5.67. The van der Waals surface area contributed by atoms with Crippen LogP contribution in [0.3, 0.4) is 0 Å². The second-order valence-electron chi connectivity index (χ2n) is 4.45. The molecule has 3 heteroatoms. The molecular weight excluding hydrogens is 224 g/mol. The average molecular weight is 241 g/mol. The third-order valence-electron chi connectivity index (χ3n) is 3.61. The summed E-state index contributed by atoms with van der Waals surface area (Å²) >= 11 is 6.02. The van der Waals surface area contributed by atoms with E-state index in [2.05, 4.69) is 13.0 Å². The van der Waals surface area contributed by atoms with Crippen molar-refractivity contribution < 1.29 is 9.84 Å². The largest absolute Gasteiger partial charge is 0.396 e. The quantitative estimate of drug-likeness (QED) is 0.877. The molecule has 0 amide bonds. The lowest BCUT2D eigenvalue weighted by atomic mass is 9.68. The van der Waals surface area contributed by atoms with Crippen LogP contribution < -0.4 is 0 Å². The summed E-state index contributed by atoms with van der Waals surface area (Å²) in [6, 6.07) is 7.90. The molecule has 0 aliphatic carbocycles. The Hall–Kier alpha value is -0.570. The van der Waals surface area contributed by atoms with Gasteiger partial charge >= 0.3 is 0 Å². The van der Waals surface area contributed by atoms with Gasteiger partial charge in [0, 0.05) is 17.0 Å². The monoisotopic (exact) mass is 240 g/mol. The number of ether oxygens (including phenoxy) is 1. The van der Waals surface area contributed by atoms with Crippen LogP contribution in [0.4, 0.5) is 0 Å². The molecule has 0 radical (unpaired) electrons. The number of hydrogen-bond acceptors (Lipinski definition) is 2. The van der Waals surface area contributed by atoms with Crippen LogP contribution in [0.2, 0.25) is 5.02 Å². The first kappa shape index (κ1) is 11.9. The van der Waals surface area contributed by atoms with E-state index in [9.17, 15) is 5.11 Å². The molecule has 0 bridgehead atoms. The molecule has 0 aromatic heterocycles. The number of aliphatic hydroxyl groups excluding tert-OH is 1. The van der Waals surface area contributed by atoms with Gasteiger partial charge in [-0.2, -0.15) is 0 Å². The summed E-state index contributed by atoms with van der Waals surface area (Å²) in [6.07, 6.45) is 0.951. The van der Waals surface area contributed by atoms with Crippen LogP contribution in [-0.4, -0.2) is 24.9 Å². The predicted octanol–water partition coefficient (Wildman–Crippen LogP) is 2.63. The van der Waals surface area contributed by atoms with Gasteiger partial charge in [-0.1, -0.05) is 37.1 Å². The molecule has 1 aromatic rings. The second-order valence-corrected chi connectivity index (χ2v) is 4.88. The molecule has 1 fully saturated rings. The SMILES string of the molecule is CCC(CO)C1(c2cccc(Cl)c2)COC1. The van der Waals surface area contributed by atoms with Gasteiger partial charge in [-0.25, -0.2) is 0 Å². The molecule has 1 aliphatic heterocycles. The van der Waals surface area contributed by atoms with E-state index in [4.69, 9.17) is 16.3 Å². The van der Waals surface area contributed by atoms with Crippen molar-refractivity contribution in [2.75, 3.05) is 19.8 Å². The molecule has 88 valence electrons. The predicted molar refractivity (Wildman–Crippen MR) is 64.8 cm³/mol. The Morgan fingerprint density at radius 2 is 2.25 bits per heavy atom. The van der Waals surface area contributed by atoms with Crippen molar-refractivity contribution in [3.8, 4) is 0 Å². The van der Waals surface area contributed by atoms with Crippen molar-refractivity contribution in [3.05, 3.63) is 34.9 Å². The van der Waals surface area contributed by atoms with E-state index in [1.807, 2.05) is 18.2 Å². The van der Waals surface area contributed by atoms with Gasteiger partial charge in [0.05, 0.1) is 13.2 Å². The molecule has 1 heterocycles. The Bertz CT molecular complexity index is 357. The molecule has 0 spiro atoms. The maximum Gasteiger partial charge on any atom is 0.0589 e. The van der Waals surface area contributed by atoms with Gasteiger partial charge in [0.25, 0.3) is 0 Å². The highest BCUT2D eigenvalue weighted by Crippen LogP contribution is 2.41. The van der Waals surface area contributed by atoms with E-state index in [1.165, 1.54) is 5.56 Å². The molecule has 1 N–H and O–H groups in total. The van der Waals surface area contributed by atoms with Crippen molar-refractivity contribution in [1.82, 2.24) is 0 Å². The van der Waals surface area contributed by atoms with E-state index >= 15 is 0 Å². The summed E-state index contributed by atoms with van der Waals surface area (Å²) in [5.41, 5.74) is 1.15. The highest BCUT2D eigenvalue weighted by atomic mass is 35.5. The zero-order valence-electron chi connectivity index (χ0n) is 9.45. The zero-order chi connectivity index (χ0) is 11.6. The maximum atomic E-state index is 9.47. The van der Waals surface area contributed by atoms with Crippen LogP contribution >= 0.6 is 11.6 Å². The minimum Gasteiger partial charge on any atom is -0.396 e. The average Bonchev–Trinajstić information content (AvgIpc) is 2.23. The molecule has 2 rings (SSSR count). The smallest absolute Gasteiger partial charge is 0.0589 e. The van der Waals surface area contributed by atoms with Crippen LogP contribution in [0.5, 0.6) is 0 Å². The summed E-state index contributed by atoms with van der Waals surface area (Å²) in [5, 5.41) is 10.2. The summed E-state index contributed by atoms with van der Waals surface area (Å²) in [6.45, 7) is 3.68. The van der Waals surface area contributed by atoms with Crippen LogP contribution in [0.1, 0.15) is 18.9 Å². The second kappa shape index (κ2) is 4.74. The summed E-state index contributed by atoms with van der Waals surface area (Å²) in [4.78, 5) is 0. The molecule has 16 heavy (non-hydrogen) atoms. The van der Waals surface area contributed by atoms with Gasteiger partial charge in [0.1, 0.15) is 0 Å². The molecule has 1 saturated heterocycles. The van der Waals surface area contributed by atoms with Gasteiger partial charge in [-0.05, 0) is 23.6 Å². The molecule has 1 aromatic carbocycles. The lowest BCUT2D eigenvalue weighted by Gasteiger charge is -2.47. The maximum absolute atomic E-state index is 9.47. The lowest BCUT2D eigenvalue weighted by molar-refractivity contribution is -0.101. The standard InChI is InChI=1S/C13H17ClO2/c1-2-10(7-15)13(8-16-9-13)11-4-3-5-12(14)6-11/h3-6,10,15H,2,7-9H2,1H3. The fraction of sp³-hybridized carbons (Fsp3) is 0.538. The Morgan fingerprint density at radius 3 is 2.69 bits per heavy atom. The van der Waals surface area contributed by atoms with E-state index < -0.39 is 0 Å². The number of aliphatic hydroxyl groups is 1. The van der Waals surface area contributed by atoms with Crippen molar-refractivity contribution in [2.24, 2.45) is 5.92 Å². The third kappa shape index (κ3) is 1.86. The lowest BCUT2D eigenvalue weighted by Crippen LogP contribution is -2.53. The highest BCUT2D eigenvalue weighted by molar-refractivity contribution is 6.30. The van der Waals surface area contributed by atoms with E-state index in [0.717, 1.165) is 11.4 Å². The Kier molecular flexibility index (Phi) is 3.53. The first-order valence-corrected chi connectivity index (χ1v) is 6.05. The minimum atomic E-state index is -0.0333. The number of halogens is 1. The van der Waals surface area contributed by atoms with E-state index in [1.54, 1.807) is 0 Å². The Balaban J connectivity index is 2.34. The molecule has 0 saturated carbocycles. The van der Waals surface area contributed by atoms with E-state index in [0.29, 0.717) is 13.2 Å². The molecule has 1 unspecified atom stereocenters. The highest BCUT2D eigenvalue weighted by Gasteiger charge is 2.45.